The van der Waals surface area contributed by atoms with Crippen molar-refractivity contribution in [1.82, 2.24) is 0 Å². The zero-order chi connectivity index (χ0) is 15.7. The van der Waals surface area contributed by atoms with Gasteiger partial charge >= 0.3 is 15.4 Å². The van der Waals surface area contributed by atoms with Crippen LogP contribution in [0.4, 0.5) is 0 Å². The maximum atomic E-state index is 11.5. The first-order valence-corrected chi connectivity index (χ1v) is 8.13. The summed E-state index contributed by atoms with van der Waals surface area (Å²) in [4.78, 5) is 36.0. The number of aliphatic hydroxyl groups excluding tert-OH is 3. The van der Waals surface area contributed by atoms with Gasteiger partial charge in [-0.25, -0.2) is 4.57 Å². The van der Waals surface area contributed by atoms with Gasteiger partial charge in [0.15, 0.2) is 5.34 Å². The van der Waals surface area contributed by atoms with E-state index < -0.39 is 45.5 Å². The van der Waals surface area contributed by atoms with Crippen molar-refractivity contribution in [2.24, 2.45) is 5.41 Å². The van der Waals surface area contributed by atoms with Gasteiger partial charge in [0.25, 0.3) is 0 Å². The van der Waals surface area contributed by atoms with Crippen molar-refractivity contribution in [2.45, 2.75) is 25.3 Å². The Labute approximate surface area is 109 Å². The molecule has 0 saturated carbocycles. The zero-order valence-electron chi connectivity index (χ0n) is 10.2. The molecule has 0 aromatic carbocycles. The monoisotopic (exact) mass is 324 g/mol. The lowest BCUT2D eigenvalue weighted by Gasteiger charge is -2.47. The molecule has 0 aromatic rings. The largest absolute Gasteiger partial charge is 0.470 e. The van der Waals surface area contributed by atoms with Crippen molar-refractivity contribution in [3.8, 4) is 0 Å². The standard InChI is InChI=1S/C7H18O10P2/c1-5(10)7(3-8,4-9)6(2,18(11,12)13)17-19(14,15)16/h5,8-10H,3-4H2,1-2H3,(H2,11,12,13)(H2,14,15,16). The Morgan fingerprint density at radius 2 is 1.47 bits per heavy atom. The van der Waals surface area contributed by atoms with E-state index in [0.29, 0.717) is 6.92 Å². The summed E-state index contributed by atoms with van der Waals surface area (Å²) in [6, 6.07) is 0. The van der Waals surface area contributed by atoms with E-state index in [4.69, 9.17) is 9.79 Å². The van der Waals surface area contributed by atoms with Gasteiger partial charge in [0.05, 0.1) is 24.7 Å². The smallest absolute Gasteiger partial charge is 0.395 e. The summed E-state index contributed by atoms with van der Waals surface area (Å²) in [5.74, 6) is 0. The molecule has 0 amide bonds. The van der Waals surface area contributed by atoms with Gasteiger partial charge in [-0.2, -0.15) is 0 Å². The zero-order valence-corrected chi connectivity index (χ0v) is 12.0. The molecule has 10 nitrogen and oxygen atoms in total. The average Bonchev–Trinajstić information content (AvgIpc) is 2.14. The number of phosphoric acid groups is 1. The van der Waals surface area contributed by atoms with E-state index in [0.717, 1.165) is 6.92 Å². The molecular weight excluding hydrogens is 306 g/mol. The number of hydrogen-bond donors (Lipinski definition) is 7. The van der Waals surface area contributed by atoms with Crippen molar-refractivity contribution in [3.05, 3.63) is 0 Å². The molecule has 2 atom stereocenters. The molecule has 0 bridgehead atoms. The van der Waals surface area contributed by atoms with Crippen LogP contribution >= 0.6 is 15.4 Å². The van der Waals surface area contributed by atoms with Crippen molar-refractivity contribution in [3.63, 3.8) is 0 Å². The molecule has 0 radical (unpaired) electrons. The molecule has 0 rings (SSSR count). The van der Waals surface area contributed by atoms with Gasteiger partial charge in [-0.1, -0.05) is 0 Å². The summed E-state index contributed by atoms with van der Waals surface area (Å²) in [5.41, 5.74) is -2.38. The quantitative estimate of drug-likeness (QED) is 0.267. The van der Waals surface area contributed by atoms with Gasteiger partial charge in [0.2, 0.25) is 0 Å². The molecule has 0 spiro atoms. The third-order valence-electron chi connectivity index (χ3n) is 3.14. The van der Waals surface area contributed by atoms with Gasteiger partial charge in [-0.15, -0.1) is 0 Å². The van der Waals surface area contributed by atoms with E-state index in [-0.39, 0.29) is 0 Å². The van der Waals surface area contributed by atoms with Gasteiger partial charge < -0.3 is 34.9 Å². The molecule has 7 N–H and O–H groups in total. The van der Waals surface area contributed by atoms with E-state index >= 15 is 0 Å². The van der Waals surface area contributed by atoms with Crippen LogP contribution in [0.2, 0.25) is 0 Å². The van der Waals surface area contributed by atoms with Gasteiger partial charge in [0, 0.05) is 0 Å². The number of hydrogen-bond acceptors (Lipinski definition) is 6. The second kappa shape index (κ2) is 5.87. The van der Waals surface area contributed by atoms with Gasteiger partial charge in [-0.05, 0) is 13.8 Å². The molecule has 0 aromatic heterocycles. The topological polar surface area (TPSA) is 185 Å². The highest BCUT2D eigenvalue weighted by atomic mass is 31.2. The van der Waals surface area contributed by atoms with Crippen molar-refractivity contribution in [2.75, 3.05) is 13.2 Å². The Bertz CT molecular complexity index is 393. The summed E-state index contributed by atoms with van der Waals surface area (Å²) >= 11 is 0. The fraction of sp³-hybridized carbons (Fsp3) is 1.00. The highest BCUT2D eigenvalue weighted by molar-refractivity contribution is 7.54. The maximum Gasteiger partial charge on any atom is 0.470 e. The first kappa shape index (κ1) is 19.1. The number of aliphatic hydroxyl groups is 3. The summed E-state index contributed by atoms with van der Waals surface area (Å²) < 4.78 is 26.5. The second-order valence-corrected chi connectivity index (χ2v) is 7.36. The van der Waals surface area contributed by atoms with E-state index in [2.05, 4.69) is 4.52 Å². The van der Waals surface area contributed by atoms with Crippen molar-refractivity contribution in [1.29, 1.82) is 0 Å². The fourth-order valence-electron chi connectivity index (χ4n) is 1.66. The van der Waals surface area contributed by atoms with Crippen LogP contribution in [0.3, 0.4) is 0 Å². The van der Waals surface area contributed by atoms with Crippen LogP contribution in [-0.4, -0.2) is 59.6 Å². The molecule has 0 fully saturated rings. The first-order valence-electron chi connectivity index (χ1n) is 4.99. The minimum Gasteiger partial charge on any atom is -0.395 e. The highest BCUT2D eigenvalue weighted by Crippen LogP contribution is 2.65. The van der Waals surface area contributed by atoms with Crippen molar-refractivity contribution >= 4 is 15.4 Å². The molecular formula is C7H18O10P2. The molecule has 19 heavy (non-hydrogen) atoms. The minimum absolute atomic E-state index is 0.603. The molecule has 12 heteroatoms. The van der Waals surface area contributed by atoms with Crippen LogP contribution in [0.25, 0.3) is 0 Å². The lowest BCUT2D eigenvalue weighted by atomic mass is 9.79. The molecule has 0 aliphatic carbocycles. The lowest BCUT2D eigenvalue weighted by Crippen LogP contribution is -2.58. The van der Waals surface area contributed by atoms with Crippen LogP contribution in [0.1, 0.15) is 13.8 Å². The van der Waals surface area contributed by atoms with Crippen LogP contribution in [0.15, 0.2) is 0 Å². The minimum atomic E-state index is -5.39. The average molecular weight is 324 g/mol. The molecule has 0 aliphatic heterocycles. The maximum absolute atomic E-state index is 11.5. The summed E-state index contributed by atoms with van der Waals surface area (Å²) in [5, 5.41) is 25.1. The number of rotatable bonds is 7. The van der Waals surface area contributed by atoms with Crippen LogP contribution in [0.5, 0.6) is 0 Å². The van der Waals surface area contributed by atoms with Crippen LogP contribution < -0.4 is 0 Å². The number of phosphoric ester groups is 1. The third kappa shape index (κ3) is 3.62. The summed E-state index contributed by atoms with van der Waals surface area (Å²) in [6.07, 6.45) is -1.73. The molecule has 0 aliphatic rings. The van der Waals surface area contributed by atoms with E-state index in [1.165, 1.54) is 0 Å². The van der Waals surface area contributed by atoms with E-state index in [9.17, 15) is 34.2 Å². The highest BCUT2D eigenvalue weighted by Gasteiger charge is 2.64. The van der Waals surface area contributed by atoms with E-state index in [1.54, 1.807) is 0 Å². The Morgan fingerprint density at radius 3 is 1.63 bits per heavy atom. The van der Waals surface area contributed by atoms with Crippen molar-refractivity contribution < 1.29 is 48.5 Å². The summed E-state index contributed by atoms with van der Waals surface area (Å²) in [6.45, 7) is -0.763. The Hall–Kier alpha value is 0.140. The van der Waals surface area contributed by atoms with E-state index in [1.807, 2.05) is 0 Å². The summed E-state index contributed by atoms with van der Waals surface area (Å²) in [7, 11) is -10.8. The predicted molar refractivity (Wildman–Crippen MR) is 61.9 cm³/mol. The van der Waals surface area contributed by atoms with Gasteiger partial charge in [0.1, 0.15) is 0 Å². The normalized spacial score (nSPS) is 19.0. The lowest BCUT2D eigenvalue weighted by molar-refractivity contribution is -0.135. The molecule has 2 unspecified atom stereocenters. The van der Waals surface area contributed by atoms with Crippen LogP contribution in [0, 0.1) is 5.41 Å². The Morgan fingerprint density at radius 1 is 1.11 bits per heavy atom. The third-order valence-corrected chi connectivity index (χ3v) is 5.54. The van der Waals surface area contributed by atoms with Crippen LogP contribution in [-0.2, 0) is 13.7 Å². The first-order chi connectivity index (χ1) is 8.27. The van der Waals surface area contributed by atoms with Gasteiger partial charge in [-0.3, -0.25) is 9.09 Å². The fourth-order valence-corrected chi connectivity index (χ4v) is 3.96. The second-order valence-electron chi connectivity index (χ2n) is 4.26. The Kier molecular flexibility index (Phi) is 5.91. The SMILES string of the molecule is CC(O)C(CO)(CO)C(C)(OP(=O)(O)O)P(=O)(O)O. The Balaban J connectivity index is 6.12. The molecule has 0 heterocycles. The predicted octanol–water partition coefficient (Wildman–Crippen LogP) is -1.66. The molecule has 0 saturated heterocycles. The molecule has 116 valence electrons.